The number of halogens is 4. The summed E-state index contributed by atoms with van der Waals surface area (Å²) in [5, 5.41) is 24.1. The number of carbonyl (C=O) groups excluding carboxylic acids is 1. The van der Waals surface area contributed by atoms with E-state index in [-0.39, 0.29) is 24.3 Å². The van der Waals surface area contributed by atoms with Gasteiger partial charge in [0.25, 0.3) is 0 Å². The summed E-state index contributed by atoms with van der Waals surface area (Å²) >= 11 is 0. The predicted octanol–water partition coefficient (Wildman–Crippen LogP) is 5.75. The maximum absolute atomic E-state index is 13.9. The van der Waals surface area contributed by atoms with Crippen LogP contribution in [0.2, 0.25) is 0 Å². The van der Waals surface area contributed by atoms with Crippen molar-refractivity contribution >= 4 is 11.7 Å². The van der Waals surface area contributed by atoms with E-state index < -0.39 is 23.6 Å². The van der Waals surface area contributed by atoms with Crippen LogP contribution in [-0.4, -0.2) is 48.3 Å². The molecule has 1 fully saturated rings. The Labute approximate surface area is 223 Å². The molecular formula is C29H28F4N4O2. The molecule has 39 heavy (non-hydrogen) atoms. The Hall–Kier alpha value is -3.94. The number of carbonyl (C=O) groups is 1. The number of hydrogen-bond acceptors (Lipinski definition) is 4. The van der Waals surface area contributed by atoms with Crippen LogP contribution in [0, 0.1) is 17.1 Å². The van der Waals surface area contributed by atoms with E-state index in [1.54, 1.807) is 12.1 Å². The van der Waals surface area contributed by atoms with Gasteiger partial charge in [-0.3, -0.25) is 0 Å². The quantitative estimate of drug-likeness (QED) is 0.318. The van der Waals surface area contributed by atoms with Gasteiger partial charge in [0.15, 0.2) is 0 Å². The number of rotatable bonds is 8. The van der Waals surface area contributed by atoms with Crippen molar-refractivity contribution in [2.75, 3.05) is 31.5 Å². The van der Waals surface area contributed by atoms with E-state index in [1.165, 1.54) is 0 Å². The van der Waals surface area contributed by atoms with Crippen molar-refractivity contribution in [1.29, 1.82) is 5.26 Å². The van der Waals surface area contributed by atoms with Crippen LogP contribution in [0.3, 0.4) is 0 Å². The minimum absolute atomic E-state index is 0.0930. The van der Waals surface area contributed by atoms with Gasteiger partial charge in [-0.05, 0) is 66.4 Å². The zero-order chi connectivity index (χ0) is 28.0. The van der Waals surface area contributed by atoms with Crippen molar-refractivity contribution in [3.63, 3.8) is 0 Å². The molecule has 1 saturated heterocycles. The van der Waals surface area contributed by atoms with Crippen LogP contribution in [0.15, 0.2) is 66.7 Å². The third-order valence-corrected chi connectivity index (χ3v) is 6.79. The lowest BCUT2D eigenvalue weighted by Crippen LogP contribution is -2.34. The van der Waals surface area contributed by atoms with E-state index in [9.17, 15) is 32.7 Å². The van der Waals surface area contributed by atoms with Crippen molar-refractivity contribution in [3.05, 3.63) is 89.2 Å². The number of anilines is 1. The molecule has 0 spiro atoms. The number of nitrogens with zero attached hydrogens (tertiary/aromatic N) is 2. The smallest absolute Gasteiger partial charge is 0.392 e. The average Bonchev–Trinajstić information content (AvgIpc) is 3.33. The molecule has 0 bridgehead atoms. The molecule has 3 N–H and O–H groups in total. The molecule has 0 aliphatic carbocycles. The SMILES string of the molecule is N#Cc1cccc(-c2ccc(C(CCN3CC[C@@H](O)C3)CNC(=O)Nc3ccc(C(F)(F)F)c(F)c3)cc2)c1. The molecule has 6 nitrogen and oxygen atoms in total. The highest BCUT2D eigenvalue weighted by Crippen LogP contribution is 2.32. The highest BCUT2D eigenvalue weighted by Gasteiger charge is 2.34. The molecule has 10 heteroatoms. The second kappa shape index (κ2) is 12.3. The van der Waals surface area contributed by atoms with Crippen molar-refractivity contribution in [2.24, 2.45) is 0 Å². The van der Waals surface area contributed by atoms with Crippen molar-refractivity contribution in [2.45, 2.75) is 31.0 Å². The van der Waals surface area contributed by atoms with Gasteiger partial charge in [0.2, 0.25) is 0 Å². The summed E-state index contributed by atoms with van der Waals surface area (Å²) in [6.07, 6.45) is -3.77. The topological polar surface area (TPSA) is 88.4 Å². The zero-order valence-corrected chi connectivity index (χ0v) is 21.0. The number of alkyl halides is 3. The van der Waals surface area contributed by atoms with Crippen LogP contribution < -0.4 is 10.6 Å². The highest BCUT2D eigenvalue weighted by molar-refractivity contribution is 5.89. The van der Waals surface area contributed by atoms with Gasteiger partial charge in [-0.2, -0.15) is 18.4 Å². The van der Waals surface area contributed by atoms with Gasteiger partial charge in [0.1, 0.15) is 5.82 Å². The molecule has 4 rings (SSSR count). The van der Waals surface area contributed by atoms with Crippen LogP contribution in [0.1, 0.15) is 35.4 Å². The van der Waals surface area contributed by atoms with E-state index in [4.69, 9.17) is 0 Å². The van der Waals surface area contributed by atoms with Gasteiger partial charge >= 0.3 is 12.2 Å². The Kier molecular flexibility index (Phi) is 8.84. The van der Waals surface area contributed by atoms with Gasteiger partial charge in [-0.25, -0.2) is 9.18 Å². The zero-order valence-electron chi connectivity index (χ0n) is 21.0. The molecule has 0 radical (unpaired) electrons. The number of nitriles is 1. The van der Waals surface area contributed by atoms with Crippen molar-refractivity contribution < 1.29 is 27.5 Å². The summed E-state index contributed by atoms with van der Waals surface area (Å²) in [7, 11) is 0. The monoisotopic (exact) mass is 540 g/mol. The summed E-state index contributed by atoms with van der Waals surface area (Å²) in [5.74, 6) is -1.57. The summed E-state index contributed by atoms with van der Waals surface area (Å²) in [5.41, 5.74) is 1.88. The van der Waals surface area contributed by atoms with Gasteiger partial charge < -0.3 is 20.6 Å². The van der Waals surface area contributed by atoms with E-state index in [2.05, 4.69) is 21.6 Å². The Morgan fingerprint density at radius 3 is 2.51 bits per heavy atom. The first-order chi connectivity index (χ1) is 18.6. The van der Waals surface area contributed by atoms with Crippen LogP contribution in [0.5, 0.6) is 0 Å². The van der Waals surface area contributed by atoms with Crippen molar-refractivity contribution in [1.82, 2.24) is 10.2 Å². The van der Waals surface area contributed by atoms with Crippen LogP contribution in [-0.2, 0) is 6.18 Å². The van der Waals surface area contributed by atoms with Crippen LogP contribution >= 0.6 is 0 Å². The maximum Gasteiger partial charge on any atom is 0.419 e. The highest BCUT2D eigenvalue weighted by atomic mass is 19.4. The molecule has 3 aromatic rings. The van der Waals surface area contributed by atoms with Gasteiger partial charge in [-0.15, -0.1) is 0 Å². The van der Waals surface area contributed by atoms with Crippen LogP contribution in [0.4, 0.5) is 28.0 Å². The normalized spacial score (nSPS) is 16.5. The third kappa shape index (κ3) is 7.56. The fraction of sp³-hybridized carbons (Fsp3) is 0.310. The molecule has 0 saturated carbocycles. The number of nitrogens with one attached hydrogen (secondary N) is 2. The number of urea groups is 1. The first-order valence-electron chi connectivity index (χ1n) is 12.5. The Morgan fingerprint density at radius 1 is 1.10 bits per heavy atom. The molecule has 1 unspecified atom stereocenters. The number of aliphatic hydroxyl groups is 1. The minimum Gasteiger partial charge on any atom is -0.392 e. The van der Waals surface area contributed by atoms with E-state index in [0.29, 0.717) is 43.6 Å². The predicted molar refractivity (Wildman–Crippen MR) is 139 cm³/mol. The fourth-order valence-electron chi connectivity index (χ4n) is 4.67. The number of β-amino-alcohol motifs (C(OH)–C–C–N with tert-alkyl or cyclic N) is 1. The average molecular weight is 541 g/mol. The van der Waals surface area contributed by atoms with Gasteiger partial charge in [0, 0.05) is 31.2 Å². The summed E-state index contributed by atoms with van der Waals surface area (Å²) < 4.78 is 52.3. The Morgan fingerprint density at radius 2 is 1.87 bits per heavy atom. The van der Waals surface area contributed by atoms with Crippen LogP contribution in [0.25, 0.3) is 11.1 Å². The second-order valence-electron chi connectivity index (χ2n) is 9.57. The fourth-order valence-corrected chi connectivity index (χ4v) is 4.67. The van der Waals surface area contributed by atoms with E-state index in [1.807, 2.05) is 36.4 Å². The molecule has 2 amide bonds. The molecule has 1 heterocycles. The lowest BCUT2D eigenvalue weighted by Gasteiger charge is -2.22. The second-order valence-corrected chi connectivity index (χ2v) is 9.57. The van der Waals surface area contributed by atoms with E-state index >= 15 is 0 Å². The Bertz CT molecular complexity index is 1340. The molecule has 0 aromatic heterocycles. The maximum atomic E-state index is 13.9. The lowest BCUT2D eigenvalue weighted by atomic mass is 9.93. The number of hydrogen-bond donors (Lipinski definition) is 3. The van der Waals surface area contributed by atoms with Gasteiger partial charge in [0.05, 0.1) is 23.3 Å². The van der Waals surface area contributed by atoms with E-state index in [0.717, 1.165) is 29.3 Å². The summed E-state index contributed by atoms with van der Waals surface area (Å²) in [6.45, 7) is 2.32. The lowest BCUT2D eigenvalue weighted by molar-refractivity contribution is -0.139. The molecule has 1 aliphatic heterocycles. The molecule has 3 aromatic carbocycles. The minimum atomic E-state index is -4.82. The molecule has 1 aliphatic rings. The largest absolute Gasteiger partial charge is 0.419 e. The van der Waals surface area contributed by atoms with Crippen molar-refractivity contribution in [3.8, 4) is 17.2 Å². The summed E-state index contributed by atoms with van der Waals surface area (Å²) in [6, 6.07) is 18.8. The van der Waals surface area contributed by atoms with Gasteiger partial charge in [-0.1, -0.05) is 36.4 Å². The number of likely N-dealkylation sites (tertiary alicyclic amines) is 1. The molecule has 204 valence electrons. The first-order valence-corrected chi connectivity index (χ1v) is 12.5. The first kappa shape index (κ1) is 28.1. The third-order valence-electron chi connectivity index (χ3n) is 6.79. The molecular weight excluding hydrogens is 512 g/mol. The summed E-state index contributed by atoms with van der Waals surface area (Å²) in [4.78, 5) is 14.7. The number of benzene rings is 3. The number of amides is 2. The number of aliphatic hydroxyl groups excluding tert-OH is 1. The standard InChI is InChI=1S/C29H28F4N4O2/c30-27-15-24(8-9-26(27)29(31,32)33)36-28(39)35-17-23(10-12-37-13-11-25(38)18-37)21-6-4-20(5-7-21)22-3-1-2-19(14-22)16-34/h1-9,14-15,23,25,38H,10-13,17-18H2,(H2,35,36,39)/t23?,25-/m1/s1. The Balaban J connectivity index is 1.43. The molecule has 2 atom stereocenters.